The zero-order valence-corrected chi connectivity index (χ0v) is 17.7. The number of benzene rings is 1. The number of ether oxygens (including phenoxy) is 1. The monoisotopic (exact) mass is 411 g/mol. The van der Waals surface area contributed by atoms with Crippen LogP contribution in [0.2, 0.25) is 0 Å². The first-order valence-corrected chi connectivity index (χ1v) is 10.5. The Bertz CT molecular complexity index is 887. The Morgan fingerprint density at radius 3 is 2.43 bits per heavy atom. The fraction of sp³-hybridized carbons (Fsp3) is 0.478. The Labute approximate surface area is 177 Å². The van der Waals surface area contributed by atoms with Crippen molar-refractivity contribution in [3.63, 3.8) is 0 Å². The van der Waals surface area contributed by atoms with E-state index in [4.69, 9.17) is 9.15 Å². The molecular weight excluding hydrogens is 382 g/mol. The van der Waals surface area contributed by atoms with Crippen molar-refractivity contribution in [2.75, 3.05) is 38.3 Å². The van der Waals surface area contributed by atoms with E-state index in [1.165, 1.54) is 7.11 Å². The molecule has 1 aromatic heterocycles. The summed E-state index contributed by atoms with van der Waals surface area (Å²) in [5, 5.41) is 0. The van der Waals surface area contributed by atoms with E-state index >= 15 is 0 Å². The van der Waals surface area contributed by atoms with Gasteiger partial charge in [-0.05, 0) is 37.1 Å². The Kier molecular flexibility index (Phi) is 5.81. The molecule has 0 aliphatic carbocycles. The van der Waals surface area contributed by atoms with Crippen molar-refractivity contribution in [3.05, 3.63) is 54.0 Å². The van der Waals surface area contributed by atoms with Crippen LogP contribution in [0.5, 0.6) is 0 Å². The summed E-state index contributed by atoms with van der Waals surface area (Å²) in [5.41, 5.74) is 0.383. The number of amides is 1. The van der Waals surface area contributed by atoms with Crippen molar-refractivity contribution in [1.82, 2.24) is 9.80 Å². The number of furan rings is 1. The van der Waals surface area contributed by atoms with Crippen molar-refractivity contribution in [2.45, 2.75) is 38.3 Å². The third-order valence-corrected chi connectivity index (χ3v) is 6.26. The van der Waals surface area contributed by atoms with Gasteiger partial charge in [0.25, 0.3) is 5.91 Å². The van der Waals surface area contributed by atoms with Crippen molar-refractivity contribution in [2.24, 2.45) is 0 Å². The van der Waals surface area contributed by atoms with Gasteiger partial charge in [-0.15, -0.1) is 0 Å². The maximum atomic E-state index is 13.5. The number of piperidine rings is 1. The van der Waals surface area contributed by atoms with E-state index in [-0.39, 0.29) is 12.5 Å². The maximum Gasteiger partial charge on any atom is 0.325 e. The molecule has 0 bridgehead atoms. The second-order valence-corrected chi connectivity index (χ2v) is 8.01. The van der Waals surface area contributed by atoms with Gasteiger partial charge >= 0.3 is 5.97 Å². The van der Waals surface area contributed by atoms with Crippen LogP contribution < -0.4 is 4.90 Å². The quantitative estimate of drug-likeness (QED) is 0.681. The Balaban J connectivity index is 1.52. The van der Waals surface area contributed by atoms with Gasteiger partial charge in [-0.25, -0.2) is 0 Å². The number of aryl methyl sites for hydroxylation is 1. The summed E-state index contributed by atoms with van der Waals surface area (Å²) >= 11 is 0. The summed E-state index contributed by atoms with van der Waals surface area (Å²) in [5.74, 6) is 1.59. The smallest absolute Gasteiger partial charge is 0.325 e. The summed E-state index contributed by atoms with van der Waals surface area (Å²) < 4.78 is 10.7. The predicted molar refractivity (Wildman–Crippen MR) is 113 cm³/mol. The molecule has 1 amide bonds. The minimum Gasteiger partial charge on any atom is -0.468 e. The fourth-order valence-electron chi connectivity index (χ4n) is 4.54. The van der Waals surface area contributed by atoms with Crippen LogP contribution in [0.4, 0.5) is 5.69 Å². The van der Waals surface area contributed by atoms with E-state index in [2.05, 4.69) is 16.7 Å². The van der Waals surface area contributed by atoms with Crippen molar-refractivity contribution >= 4 is 17.6 Å². The number of hydrogen-bond donors (Lipinski definition) is 0. The number of rotatable bonds is 6. The Hall–Kier alpha value is -2.80. The highest BCUT2D eigenvalue weighted by molar-refractivity contribution is 5.95. The molecular formula is C23H29N3O4. The molecule has 2 aliphatic heterocycles. The molecule has 3 heterocycles. The zero-order valence-electron chi connectivity index (χ0n) is 17.7. The lowest BCUT2D eigenvalue weighted by atomic mass is 9.85. The topological polar surface area (TPSA) is 66.2 Å². The molecule has 0 saturated carbocycles. The van der Waals surface area contributed by atoms with Gasteiger partial charge in [0.05, 0.1) is 20.3 Å². The summed E-state index contributed by atoms with van der Waals surface area (Å²) in [6.45, 7) is 4.80. The first kappa shape index (κ1) is 20.5. The van der Waals surface area contributed by atoms with E-state index in [0.717, 1.165) is 43.3 Å². The second-order valence-electron chi connectivity index (χ2n) is 8.01. The second kappa shape index (κ2) is 8.52. The third-order valence-electron chi connectivity index (χ3n) is 6.26. The molecule has 7 nitrogen and oxygen atoms in total. The molecule has 30 heavy (non-hydrogen) atoms. The van der Waals surface area contributed by atoms with Crippen LogP contribution in [-0.2, 0) is 27.3 Å². The number of anilines is 1. The van der Waals surface area contributed by atoms with Crippen molar-refractivity contribution in [1.29, 1.82) is 0 Å². The number of esters is 1. The first-order chi connectivity index (χ1) is 14.6. The van der Waals surface area contributed by atoms with Crippen molar-refractivity contribution in [3.8, 4) is 0 Å². The number of methoxy groups -OCH3 is 1. The zero-order chi connectivity index (χ0) is 21.1. The van der Waals surface area contributed by atoms with E-state index in [0.29, 0.717) is 19.5 Å². The standard InChI is InChI=1S/C23H29N3O4/c1-3-19-9-10-20(30-19)15-24-13-11-23(12-14-24)22(28)25(16-21(27)29-2)17-26(23)18-7-5-4-6-8-18/h4-10H,3,11-17H2,1-2H3. The highest BCUT2D eigenvalue weighted by atomic mass is 16.5. The molecule has 4 rings (SSSR count). The lowest BCUT2D eigenvalue weighted by Crippen LogP contribution is -2.56. The van der Waals surface area contributed by atoms with Crippen LogP contribution in [0.15, 0.2) is 46.9 Å². The van der Waals surface area contributed by atoms with Crippen LogP contribution in [0.1, 0.15) is 31.3 Å². The van der Waals surface area contributed by atoms with Gasteiger partial charge in [0, 0.05) is 25.2 Å². The summed E-state index contributed by atoms with van der Waals surface area (Å²) in [6, 6.07) is 14.1. The van der Waals surface area contributed by atoms with Crippen LogP contribution in [0.25, 0.3) is 0 Å². The molecule has 2 aromatic rings. The summed E-state index contributed by atoms with van der Waals surface area (Å²) in [7, 11) is 1.35. The highest BCUT2D eigenvalue weighted by Crippen LogP contribution is 2.39. The molecule has 0 radical (unpaired) electrons. The fourth-order valence-corrected chi connectivity index (χ4v) is 4.54. The van der Waals surface area contributed by atoms with Gasteiger partial charge < -0.3 is 19.0 Å². The molecule has 0 N–H and O–H groups in total. The Morgan fingerprint density at radius 2 is 1.80 bits per heavy atom. The lowest BCUT2D eigenvalue weighted by Gasteiger charge is -2.43. The number of hydrogen-bond acceptors (Lipinski definition) is 6. The average Bonchev–Trinajstić information content (AvgIpc) is 3.34. The molecule has 1 spiro atoms. The number of likely N-dealkylation sites (tertiary alicyclic amines) is 1. The maximum absolute atomic E-state index is 13.5. The van der Waals surface area contributed by atoms with Gasteiger partial charge in [-0.3, -0.25) is 14.5 Å². The van der Waals surface area contributed by atoms with Gasteiger partial charge in [0.2, 0.25) is 0 Å². The largest absolute Gasteiger partial charge is 0.468 e. The number of carbonyl (C=O) groups excluding carboxylic acids is 2. The van der Waals surface area contributed by atoms with Crippen LogP contribution in [-0.4, -0.2) is 60.6 Å². The molecule has 2 aliphatic rings. The summed E-state index contributed by atoms with van der Waals surface area (Å²) in [6.07, 6.45) is 2.30. The molecule has 7 heteroatoms. The first-order valence-electron chi connectivity index (χ1n) is 10.5. The number of carbonyl (C=O) groups is 2. The SMILES string of the molecule is CCc1ccc(CN2CCC3(CC2)C(=O)N(CC(=O)OC)CN3c2ccccc2)o1. The predicted octanol–water partition coefficient (Wildman–Crippen LogP) is 2.66. The Morgan fingerprint density at radius 1 is 1.10 bits per heavy atom. The average molecular weight is 412 g/mol. The van der Waals surface area contributed by atoms with Gasteiger partial charge in [-0.2, -0.15) is 0 Å². The van der Waals surface area contributed by atoms with Crippen LogP contribution >= 0.6 is 0 Å². The number of nitrogens with zero attached hydrogens (tertiary/aromatic N) is 3. The summed E-state index contributed by atoms with van der Waals surface area (Å²) in [4.78, 5) is 31.4. The van der Waals surface area contributed by atoms with Crippen molar-refractivity contribution < 1.29 is 18.7 Å². The van der Waals surface area contributed by atoms with E-state index in [1.54, 1.807) is 4.90 Å². The molecule has 0 atom stereocenters. The van der Waals surface area contributed by atoms with E-state index in [9.17, 15) is 9.59 Å². The molecule has 2 fully saturated rings. The normalized spacial score (nSPS) is 18.9. The van der Waals surface area contributed by atoms with Gasteiger partial charge in [-0.1, -0.05) is 25.1 Å². The van der Waals surface area contributed by atoms with Crippen LogP contribution in [0, 0.1) is 0 Å². The molecule has 160 valence electrons. The van der Waals surface area contributed by atoms with Crippen LogP contribution in [0.3, 0.4) is 0 Å². The molecule has 1 aromatic carbocycles. The van der Waals surface area contributed by atoms with E-state index < -0.39 is 11.5 Å². The molecule has 2 saturated heterocycles. The molecule has 0 unspecified atom stereocenters. The van der Waals surface area contributed by atoms with Gasteiger partial charge in [0.15, 0.2) is 0 Å². The minimum absolute atomic E-state index is 0.0164. The number of para-hydroxylation sites is 1. The van der Waals surface area contributed by atoms with E-state index in [1.807, 2.05) is 42.5 Å². The minimum atomic E-state index is -0.621. The van der Waals surface area contributed by atoms with Gasteiger partial charge in [0.1, 0.15) is 23.6 Å². The lowest BCUT2D eigenvalue weighted by molar-refractivity contribution is -0.146. The highest BCUT2D eigenvalue weighted by Gasteiger charge is 2.54. The third kappa shape index (κ3) is 3.81.